The summed E-state index contributed by atoms with van der Waals surface area (Å²) in [6.45, 7) is 1.46. The second kappa shape index (κ2) is 7.56. The van der Waals surface area contributed by atoms with E-state index in [1.165, 1.54) is 0 Å². The second-order valence-electron chi connectivity index (χ2n) is 5.56. The lowest BCUT2D eigenvalue weighted by Gasteiger charge is -2.28. The summed E-state index contributed by atoms with van der Waals surface area (Å²) < 4.78 is 0. The highest BCUT2D eigenvalue weighted by Gasteiger charge is 2.29. The van der Waals surface area contributed by atoms with Crippen LogP contribution in [-0.2, 0) is 16.1 Å². The molecule has 2 heterocycles. The number of nitrogens with zero attached hydrogens (tertiary/aromatic N) is 2. The molecular formula is C15H22N2O3S. The molecule has 1 saturated heterocycles. The minimum absolute atomic E-state index is 0.0191. The number of hydrogen-bond donors (Lipinski definition) is 1. The number of carboxylic acids is 1. The van der Waals surface area contributed by atoms with Gasteiger partial charge in [0.2, 0.25) is 5.91 Å². The van der Waals surface area contributed by atoms with E-state index in [0.717, 1.165) is 24.8 Å². The van der Waals surface area contributed by atoms with Gasteiger partial charge in [0.05, 0.1) is 6.54 Å². The third kappa shape index (κ3) is 4.54. The highest BCUT2D eigenvalue weighted by molar-refractivity contribution is 7.07. The molecule has 0 spiro atoms. The molecule has 0 radical (unpaired) electrons. The number of aliphatic carboxylic acids is 1. The molecule has 21 heavy (non-hydrogen) atoms. The van der Waals surface area contributed by atoms with Gasteiger partial charge in [0, 0.05) is 13.6 Å². The van der Waals surface area contributed by atoms with Crippen LogP contribution in [0.4, 0.5) is 0 Å². The van der Waals surface area contributed by atoms with Crippen molar-refractivity contribution in [3.8, 4) is 0 Å². The summed E-state index contributed by atoms with van der Waals surface area (Å²) in [7, 11) is 1.77. The number of hydrogen-bond acceptors (Lipinski definition) is 4. The first kappa shape index (κ1) is 16.0. The zero-order chi connectivity index (χ0) is 15.2. The first-order valence-electron chi connectivity index (χ1n) is 7.30. The third-order valence-corrected chi connectivity index (χ3v) is 4.64. The van der Waals surface area contributed by atoms with Gasteiger partial charge in [-0.3, -0.25) is 14.5 Å². The van der Waals surface area contributed by atoms with E-state index in [4.69, 9.17) is 0 Å². The van der Waals surface area contributed by atoms with Crippen molar-refractivity contribution in [2.45, 2.75) is 38.3 Å². The Morgan fingerprint density at radius 3 is 2.90 bits per heavy atom. The molecule has 2 rings (SSSR count). The van der Waals surface area contributed by atoms with Crippen LogP contribution in [0.15, 0.2) is 16.8 Å². The van der Waals surface area contributed by atoms with Gasteiger partial charge in [-0.05, 0) is 41.8 Å². The molecule has 0 aliphatic carbocycles. The zero-order valence-electron chi connectivity index (χ0n) is 12.3. The van der Waals surface area contributed by atoms with Gasteiger partial charge in [0.15, 0.2) is 0 Å². The highest BCUT2D eigenvalue weighted by Crippen LogP contribution is 2.17. The minimum Gasteiger partial charge on any atom is -0.480 e. The average Bonchev–Trinajstić information content (AvgIpc) is 2.83. The monoisotopic (exact) mass is 310 g/mol. The quantitative estimate of drug-likeness (QED) is 0.904. The number of likely N-dealkylation sites (tertiary alicyclic amines) is 1. The van der Waals surface area contributed by atoms with Crippen molar-refractivity contribution >= 4 is 23.2 Å². The number of carboxylic acid groups (broad SMARTS) is 1. The van der Waals surface area contributed by atoms with E-state index in [0.29, 0.717) is 19.5 Å². The number of carbonyl (C=O) groups excluding carboxylic acids is 1. The van der Waals surface area contributed by atoms with Gasteiger partial charge in [-0.25, -0.2) is 0 Å². The standard InChI is InChI=1S/C15H22N2O3S/c1-16(9-12-6-8-21-11-12)14(18)10-17-7-4-2-3-5-13(17)15(19)20/h6,8,11,13H,2-5,7,9-10H2,1H3,(H,19,20). The molecule has 1 fully saturated rings. The lowest BCUT2D eigenvalue weighted by atomic mass is 10.1. The smallest absolute Gasteiger partial charge is 0.320 e. The van der Waals surface area contributed by atoms with E-state index < -0.39 is 12.0 Å². The molecule has 1 aromatic rings. The maximum Gasteiger partial charge on any atom is 0.320 e. The number of thiophene rings is 1. The van der Waals surface area contributed by atoms with E-state index in [2.05, 4.69) is 0 Å². The van der Waals surface area contributed by atoms with Crippen molar-refractivity contribution in [2.24, 2.45) is 0 Å². The van der Waals surface area contributed by atoms with Crippen LogP contribution >= 0.6 is 11.3 Å². The summed E-state index contributed by atoms with van der Waals surface area (Å²) in [5.74, 6) is -0.834. The lowest BCUT2D eigenvalue weighted by molar-refractivity contribution is -0.144. The number of likely N-dealkylation sites (N-methyl/N-ethyl adjacent to an activating group) is 1. The van der Waals surface area contributed by atoms with Gasteiger partial charge in [0.25, 0.3) is 0 Å². The van der Waals surface area contributed by atoms with Crippen molar-refractivity contribution in [3.63, 3.8) is 0 Å². The summed E-state index contributed by atoms with van der Waals surface area (Å²) in [5.41, 5.74) is 1.11. The molecule has 1 aromatic heterocycles. The van der Waals surface area contributed by atoms with Crippen molar-refractivity contribution < 1.29 is 14.7 Å². The van der Waals surface area contributed by atoms with E-state index >= 15 is 0 Å². The molecule has 116 valence electrons. The normalized spacial score (nSPS) is 20.0. The Balaban J connectivity index is 1.94. The fourth-order valence-corrected chi connectivity index (χ4v) is 3.34. The largest absolute Gasteiger partial charge is 0.480 e. The first-order chi connectivity index (χ1) is 10.1. The van der Waals surface area contributed by atoms with Gasteiger partial charge >= 0.3 is 5.97 Å². The van der Waals surface area contributed by atoms with Crippen molar-refractivity contribution in [1.29, 1.82) is 0 Å². The fourth-order valence-electron chi connectivity index (χ4n) is 2.68. The van der Waals surface area contributed by atoms with Crippen molar-refractivity contribution in [1.82, 2.24) is 9.80 Å². The molecule has 5 nitrogen and oxygen atoms in total. The molecule has 1 aliphatic rings. The van der Waals surface area contributed by atoms with E-state index in [1.807, 2.05) is 21.7 Å². The molecular weight excluding hydrogens is 288 g/mol. The molecule has 1 aliphatic heterocycles. The highest BCUT2D eigenvalue weighted by atomic mass is 32.1. The van der Waals surface area contributed by atoms with Gasteiger partial charge < -0.3 is 10.0 Å². The summed E-state index contributed by atoms with van der Waals surface area (Å²) in [6.07, 6.45) is 3.56. The summed E-state index contributed by atoms with van der Waals surface area (Å²) >= 11 is 1.61. The van der Waals surface area contributed by atoms with Crippen LogP contribution in [0.25, 0.3) is 0 Å². The van der Waals surface area contributed by atoms with Gasteiger partial charge in [-0.15, -0.1) is 0 Å². The van der Waals surface area contributed by atoms with Crippen molar-refractivity contribution in [3.05, 3.63) is 22.4 Å². The fraction of sp³-hybridized carbons (Fsp3) is 0.600. The minimum atomic E-state index is -0.815. The molecule has 1 N–H and O–H groups in total. The predicted molar refractivity (Wildman–Crippen MR) is 82.3 cm³/mol. The SMILES string of the molecule is CN(Cc1ccsc1)C(=O)CN1CCCCCC1C(=O)O. The zero-order valence-corrected chi connectivity index (χ0v) is 13.1. The maximum atomic E-state index is 12.3. The van der Waals surface area contributed by atoms with E-state index in [1.54, 1.807) is 23.3 Å². The average molecular weight is 310 g/mol. The van der Waals surface area contributed by atoms with Gasteiger partial charge in [-0.2, -0.15) is 11.3 Å². The number of rotatable bonds is 5. The van der Waals surface area contributed by atoms with E-state index in [-0.39, 0.29) is 12.5 Å². The van der Waals surface area contributed by atoms with Crippen LogP contribution in [0.5, 0.6) is 0 Å². The van der Waals surface area contributed by atoms with Gasteiger partial charge in [-0.1, -0.05) is 12.8 Å². The van der Waals surface area contributed by atoms with Crippen LogP contribution in [0.1, 0.15) is 31.2 Å². The Labute approximate surface area is 129 Å². The molecule has 0 bridgehead atoms. The molecule has 1 unspecified atom stereocenters. The topological polar surface area (TPSA) is 60.9 Å². The summed E-state index contributed by atoms with van der Waals surface area (Å²) in [6, 6.07) is 1.48. The Bertz CT molecular complexity index is 475. The van der Waals surface area contributed by atoms with Crippen LogP contribution in [-0.4, -0.2) is 53.0 Å². The number of amides is 1. The first-order valence-corrected chi connectivity index (χ1v) is 8.24. The Morgan fingerprint density at radius 1 is 1.43 bits per heavy atom. The Kier molecular flexibility index (Phi) is 5.76. The van der Waals surface area contributed by atoms with Crippen molar-refractivity contribution in [2.75, 3.05) is 20.1 Å². The maximum absolute atomic E-state index is 12.3. The van der Waals surface area contributed by atoms with Crippen LogP contribution < -0.4 is 0 Å². The van der Waals surface area contributed by atoms with Crippen LogP contribution in [0, 0.1) is 0 Å². The lowest BCUT2D eigenvalue weighted by Crippen LogP contribution is -2.46. The third-order valence-electron chi connectivity index (χ3n) is 3.91. The van der Waals surface area contributed by atoms with Gasteiger partial charge in [0.1, 0.15) is 6.04 Å². The second-order valence-corrected chi connectivity index (χ2v) is 6.34. The molecule has 0 aromatic carbocycles. The molecule has 6 heteroatoms. The Hall–Kier alpha value is -1.40. The van der Waals surface area contributed by atoms with E-state index in [9.17, 15) is 14.7 Å². The number of carbonyl (C=O) groups is 2. The summed E-state index contributed by atoms with van der Waals surface area (Å²) in [4.78, 5) is 27.2. The van der Waals surface area contributed by atoms with Crippen LogP contribution in [0.3, 0.4) is 0 Å². The Morgan fingerprint density at radius 2 is 2.24 bits per heavy atom. The summed E-state index contributed by atoms with van der Waals surface area (Å²) in [5, 5.41) is 13.3. The molecule has 0 saturated carbocycles. The molecule has 1 amide bonds. The van der Waals surface area contributed by atoms with Crippen LogP contribution in [0.2, 0.25) is 0 Å². The molecule has 1 atom stereocenters. The predicted octanol–water partition coefficient (Wildman–Crippen LogP) is 2.04.